The number of aromatic nitrogens is 2. The lowest BCUT2D eigenvalue weighted by Crippen LogP contribution is -2.38. The molecule has 1 heterocycles. The highest BCUT2D eigenvalue weighted by Crippen LogP contribution is 2.21. The van der Waals surface area contributed by atoms with Crippen LogP contribution in [0.1, 0.15) is 55.6 Å². The smallest absolute Gasteiger partial charge is 0.356 e. The highest BCUT2D eigenvalue weighted by Gasteiger charge is 2.27. The summed E-state index contributed by atoms with van der Waals surface area (Å²) >= 11 is -2.40. The molecule has 0 aliphatic carbocycles. The van der Waals surface area contributed by atoms with Gasteiger partial charge >= 0.3 is 5.97 Å². The molecule has 2 rings (SSSR count). The third-order valence-corrected chi connectivity index (χ3v) is 4.40. The van der Waals surface area contributed by atoms with Crippen LogP contribution in [0.4, 0.5) is 5.69 Å². The molecule has 9 nitrogen and oxygen atoms in total. The van der Waals surface area contributed by atoms with E-state index in [1.165, 1.54) is 6.20 Å². The monoisotopic (exact) mass is 421 g/mol. The molecule has 29 heavy (non-hydrogen) atoms. The number of esters is 1. The second-order valence-electron chi connectivity index (χ2n) is 7.42. The van der Waals surface area contributed by atoms with E-state index in [1.54, 1.807) is 52.0 Å². The van der Waals surface area contributed by atoms with Gasteiger partial charge in [0.25, 0.3) is 0 Å². The number of anilines is 1. The molecule has 0 aliphatic rings. The van der Waals surface area contributed by atoms with Crippen LogP contribution in [-0.2, 0) is 27.2 Å². The maximum absolute atomic E-state index is 12.5. The summed E-state index contributed by atoms with van der Waals surface area (Å²) in [6.07, 6.45) is 1.76. The van der Waals surface area contributed by atoms with Crippen molar-refractivity contribution in [3.63, 3.8) is 0 Å². The Hall–Kier alpha value is -2.72. The van der Waals surface area contributed by atoms with Gasteiger partial charge in [0.05, 0.1) is 18.8 Å². The summed E-state index contributed by atoms with van der Waals surface area (Å²) in [5.74, 6) is -0.265. The van der Waals surface area contributed by atoms with Crippen LogP contribution in [0.25, 0.3) is 0 Å². The number of hydrogen-bond donors (Lipinski definition) is 3. The Morgan fingerprint density at radius 1 is 1.28 bits per heavy atom. The minimum Gasteiger partial charge on any atom is -0.755 e. The molecule has 2 atom stereocenters. The summed E-state index contributed by atoms with van der Waals surface area (Å²) in [6, 6.07) is 6.23. The maximum Gasteiger partial charge on any atom is 0.356 e. The van der Waals surface area contributed by atoms with Crippen molar-refractivity contribution in [2.75, 3.05) is 11.3 Å². The number of carbonyl (C=O) groups excluding carboxylic acids is 2. The van der Waals surface area contributed by atoms with E-state index < -0.39 is 28.7 Å². The quantitative estimate of drug-likeness (QED) is 0.442. The van der Waals surface area contributed by atoms with Crippen molar-refractivity contribution in [1.29, 1.82) is 0 Å². The fourth-order valence-electron chi connectivity index (χ4n) is 2.46. The molecule has 0 aliphatic heterocycles. The third kappa shape index (κ3) is 6.68. The topological polar surface area (TPSA) is 136 Å². The van der Waals surface area contributed by atoms with Crippen molar-refractivity contribution in [3.05, 3.63) is 47.5 Å². The van der Waals surface area contributed by atoms with Gasteiger partial charge < -0.3 is 24.3 Å². The highest BCUT2D eigenvalue weighted by atomic mass is 32.2. The molecule has 0 bridgehead atoms. The van der Waals surface area contributed by atoms with Gasteiger partial charge in [0.15, 0.2) is 0 Å². The average molecular weight is 421 g/mol. The van der Waals surface area contributed by atoms with Crippen molar-refractivity contribution < 1.29 is 23.1 Å². The number of H-pyrrole nitrogens is 1. The van der Waals surface area contributed by atoms with E-state index >= 15 is 0 Å². The summed E-state index contributed by atoms with van der Waals surface area (Å²) < 4.78 is 28.7. The highest BCUT2D eigenvalue weighted by molar-refractivity contribution is 7.80. The van der Waals surface area contributed by atoms with Gasteiger partial charge in [0.1, 0.15) is 11.5 Å². The lowest BCUT2D eigenvalue weighted by atomic mass is 9.94. The van der Waals surface area contributed by atoms with Crippen LogP contribution in [0, 0.1) is 5.41 Å². The largest absolute Gasteiger partial charge is 0.755 e. The Morgan fingerprint density at radius 2 is 1.93 bits per heavy atom. The molecular formula is C19H25N4O5S-. The summed E-state index contributed by atoms with van der Waals surface area (Å²) in [4.78, 5) is 31.6. The lowest BCUT2D eigenvalue weighted by Gasteiger charge is -2.23. The van der Waals surface area contributed by atoms with Gasteiger partial charge in [-0.15, -0.1) is 0 Å². The molecule has 0 saturated carbocycles. The molecule has 0 saturated heterocycles. The number of hydrogen-bond acceptors (Lipinski definition) is 6. The number of nitrogens with zero attached hydrogens (tertiary/aromatic N) is 1. The van der Waals surface area contributed by atoms with Crippen LogP contribution in [-0.4, -0.2) is 37.2 Å². The first-order chi connectivity index (χ1) is 13.6. The third-order valence-electron chi connectivity index (χ3n) is 4.00. The predicted octanol–water partition coefficient (Wildman–Crippen LogP) is 2.24. The molecule has 1 aromatic carbocycles. The first-order valence-electron chi connectivity index (χ1n) is 9.08. The van der Waals surface area contributed by atoms with Gasteiger partial charge in [-0.25, -0.2) is 9.78 Å². The van der Waals surface area contributed by atoms with E-state index in [9.17, 15) is 18.4 Å². The molecule has 1 amide bonds. The van der Waals surface area contributed by atoms with E-state index in [2.05, 4.69) is 20.0 Å². The number of amides is 1. The standard InChI is InChI=1S/C19H26N4O5S/c1-5-28-17(24)15-11-20-16(21-15)14(22-18(25)19(2,3)4)10-12-6-8-13(9-7-12)23-29(26)27/h6-9,11,14,23H,5,10H2,1-4H3,(H,20,21)(H,22,25)(H,26,27)/p-1/t14-/m0/s1. The summed E-state index contributed by atoms with van der Waals surface area (Å²) in [5.41, 5.74) is 0.871. The molecule has 0 spiro atoms. The summed E-state index contributed by atoms with van der Waals surface area (Å²) in [6.45, 7) is 7.35. The summed E-state index contributed by atoms with van der Waals surface area (Å²) in [7, 11) is 0. The molecule has 3 N–H and O–H groups in total. The molecule has 10 heteroatoms. The molecule has 1 aromatic heterocycles. The Morgan fingerprint density at radius 3 is 2.48 bits per heavy atom. The number of imidazole rings is 1. The fraction of sp³-hybridized carbons (Fsp3) is 0.421. The van der Waals surface area contributed by atoms with Crippen molar-refractivity contribution >= 4 is 28.8 Å². The van der Waals surface area contributed by atoms with Crippen molar-refractivity contribution in [2.45, 2.75) is 40.2 Å². The Kier molecular flexibility index (Phi) is 7.52. The normalized spacial score (nSPS) is 13.4. The first kappa shape index (κ1) is 22.6. The Balaban J connectivity index is 2.24. The van der Waals surface area contributed by atoms with E-state index in [4.69, 9.17) is 4.74 Å². The van der Waals surface area contributed by atoms with Gasteiger partial charge in [0, 0.05) is 22.4 Å². The number of ether oxygens (including phenoxy) is 1. The van der Waals surface area contributed by atoms with Gasteiger partial charge in [-0.2, -0.15) is 0 Å². The number of nitrogens with one attached hydrogen (secondary N) is 3. The van der Waals surface area contributed by atoms with Gasteiger partial charge in [-0.05, 0) is 31.0 Å². The van der Waals surface area contributed by atoms with Crippen molar-refractivity contribution in [1.82, 2.24) is 15.3 Å². The zero-order valence-corrected chi connectivity index (χ0v) is 17.6. The molecule has 2 aromatic rings. The second kappa shape index (κ2) is 9.66. The van der Waals surface area contributed by atoms with Crippen LogP contribution >= 0.6 is 0 Å². The van der Waals surface area contributed by atoms with Gasteiger partial charge in [0.2, 0.25) is 5.91 Å². The lowest BCUT2D eigenvalue weighted by molar-refractivity contribution is -0.129. The summed E-state index contributed by atoms with van der Waals surface area (Å²) in [5, 5.41) is 2.95. The minimum atomic E-state index is -2.40. The molecule has 158 valence electrons. The van der Waals surface area contributed by atoms with Crippen LogP contribution in [0.5, 0.6) is 0 Å². The van der Waals surface area contributed by atoms with Crippen LogP contribution in [0.3, 0.4) is 0 Å². The van der Waals surface area contributed by atoms with Gasteiger partial charge in [-0.1, -0.05) is 32.9 Å². The van der Waals surface area contributed by atoms with Crippen LogP contribution in [0.2, 0.25) is 0 Å². The SMILES string of the molecule is CCOC(=O)c1cnc([C@H](Cc2ccc(NS(=O)[O-])cc2)NC(=O)C(C)(C)C)[nH]1. The van der Waals surface area contributed by atoms with E-state index in [0.717, 1.165) is 5.56 Å². The van der Waals surface area contributed by atoms with E-state index in [1.807, 2.05) is 0 Å². The van der Waals surface area contributed by atoms with E-state index in [-0.39, 0.29) is 18.2 Å². The molecule has 1 unspecified atom stereocenters. The number of carbonyl (C=O) groups is 2. The molecule has 0 fully saturated rings. The van der Waals surface area contributed by atoms with Crippen LogP contribution < -0.4 is 10.0 Å². The van der Waals surface area contributed by atoms with Crippen molar-refractivity contribution in [3.8, 4) is 0 Å². The first-order valence-corrected chi connectivity index (χ1v) is 10.2. The van der Waals surface area contributed by atoms with E-state index in [0.29, 0.717) is 17.9 Å². The number of rotatable bonds is 8. The average Bonchev–Trinajstić information content (AvgIpc) is 3.12. The minimum absolute atomic E-state index is 0.170. The number of aromatic amines is 1. The van der Waals surface area contributed by atoms with Gasteiger partial charge in [-0.3, -0.25) is 9.00 Å². The molecular weight excluding hydrogens is 396 g/mol. The van der Waals surface area contributed by atoms with Crippen molar-refractivity contribution in [2.24, 2.45) is 5.41 Å². The zero-order chi connectivity index (χ0) is 21.6. The van der Waals surface area contributed by atoms with Crippen LogP contribution in [0.15, 0.2) is 30.5 Å². The fourth-order valence-corrected chi connectivity index (χ4v) is 2.79. The maximum atomic E-state index is 12.5. The Labute approximate surface area is 172 Å². The predicted molar refractivity (Wildman–Crippen MR) is 108 cm³/mol. The molecule has 0 radical (unpaired) electrons. The zero-order valence-electron chi connectivity index (χ0n) is 16.8. The second-order valence-corrected chi connectivity index (χ2v) is 8.09. The Bertz CT molecular complexity index is 873. The number of benzene rings is 1.